The predicted molar refractivity (Wildman–Crippen MR) is 103 cm³/mol. The van der Waals surface area contributed by atoms with Gasteiger partial charge in [-0.1, -0.05) is 25.2 Å². The number of hydrogen-bond acceptors (Lipinski definition) is 7. The van der Waals surface area contributed by atoms with Crippen LogP contribution in [0.1, 0.15) is 43.8 Å². The SMILES string of the molecule is CCn1cncc1CNC(=O)C1CC(=O)N(c2nnc(C(C)C)s2)C1.O=CO. The molecule has 1 saturated heterocycles. The molecule has 2 aromatic heterocycles. The van der Waals surface area contributed by atoms with Crippen LogP contribution in [0.15, 0.2) is 12.5 Å². The topological polar surface area (TPSA) is 130 Å². The Morgan fingerprint density at radius 2 is 2.18 bits per heavy atom. The van der Waals surface area contributed by atoms with Gasteiger partial charge in [-0.05, 0) is 6.92 Å². The fraction of sp³-hybridized carbons (Fsp3) is 0.529. The molecule has 0 bridgehead atoms. The second-order valence-electron chi connectivity index (χ2n) is 6.48. The molecule has 11 heteroatoms. The quantitative estimate of drug-likeness (QED) is 0.688. The summed E-state index contributed by atoms with van der Waals surface area (Å²) in [7, 11) is 0. The van der Waals surface area contributed by atoms with Crippen molar-refractivity contribution >= 4 is 34.8 Å². The van der Waals surface area contributed by atoms with Crippen molar-refractivity contribution in [1.82, 2.24) is 25.1 Å². The van der Waals surface area contributed by atoms with Gasteiger partial charge >= 0.3 is 0 Å². The van der Waals surface area contributed by atoms with Gasteiger partial charge in [0.25, 0.3) is 6.47 Å². The number of aryl methyl sites for hydroxylation is 1. The van der Waals surface area contributed by atoms with Crippen LogP contribution in [0.4, 0.5) is 5.13 Å². The first-order valence-electron chi connectivity index (χ1n) is 8.89. The molecule has 3 heterocycles. The minimum atomic E-state index is -0.364. The number of imidazole rings is 1. The molecule has 10 nitrogen and oxygen atoms in total. The highest BCUT2D eigenvalue weighted by Gasteiger charge is 2.36. The van der Waals surface area contributed by atoms with Gasteiger partial charge in [-0.15, -0.1) is 10.2 Å². The van der Waals surface area contributed by atoms with Crippen LogP contribution in [0, 0.1) is 5.92 Å². The third kappa shape index (κ3) is 5.12. The monoisotopic (exact) mass is 408 g/mol. The van der Waals surface area contributed by atoms with E-state index in [4.69, 9.17) is 9.90 Å². The zero-order valence-electron chi connectivity index (χ0n) is 16.0. The van der Waals surface area contributed by atoms with Crippen molar-refractivity contribution in [2.24, 2.45) is 5.92 Å². The Bertz CT molecular complexity index is 818. The average Bonchev–Trinajstić information content (AvgIpc) is 3.39. The number of nitrogens with zero attached hydrogens (tertiary/aromatic N) is 5. The van der Waals surface area contributed by atoms with E-state index in [1.165, 1.54) is 11.3 Å². The summed E-state index contributed by atoms with van der Waals surface area (Å²) in [5, 5.41) is 19.5. The minimum Gasteiger partial charge on any atom is -0.483 e. The first-order chi connectivity index (χ1) is 13.4. The summed E-state index contributed by atoms with van der Waals surface area (Å²) in [4.78, 5) is 38.7. The van der Waals surface area contributed by atoms with E-state index >= 15 is 0 Å². The van der Waals surface area contributed by atoms with Crippen molar-refractivity contribution in [2.45, 2.75) is 46.2 Å². The van der Waals surface area contributed by atoms with Crippen LogP contribution in [-0.2, 0) is 27.5 Å². The molecule has 2 N–H and O–H groups in total. The lowest BCUT2D eigenvalue weighted by Gasteiger charge is -2.13. The summed E-state index contributed by atoms with van der Waals surface area (Å²) in [6, 6.07) is 0. The lowest BCUT2D eigenvalue weighted by Crippen LogP contribution is -2.33. The number of carbonyl (C=O) groups is 3. The Morgan fingerprint density at radius 3 is 2.79 bits per heavy atom. The molecule has 1 unspecified atom stereocenters. The number of nitrogens with one attached hydrogen (secondary N) is 1. The van der Waals surface area contributed by atoms with Gasteiger partial charge < -0.3 is 15.0 Å². The maximum Gasteiger partial charge on any atom is 0.290 e. The van der Waals surface area contributed by atoms with E-state index in [9.17, 15) is 9.59 Å². The zero-order chi connectivity index (χ0) is 20.7. The molecule has 0 aromatic carbocycles. The third-order valence-corrected chi connectivity index (χ3v) is 5.48. The van der Waals surface area contributed by atoms with Gasteiger partial charge in [-0.25, -0.2) is 4.98 Å². The fourth-order valence-corrected chi connectivity index (χ4v) is 3.61. The second kappa shape index (κ2) is 9.93. The predicted octanol–water partition coefficient (Wildman–Crippen LogP) is 1.25. The Balaban J connectivity index is 0.000000878. The highest BCUT2D eigenvalue weighted by molar-refractivity contribution is 7.15. The highest BCUT2D eigenvalue weighted by Crippen LogP contribution is 2.30. The number of hydrogen-bond donors (Lipinski definition) is 2. The van der Waals surface area contributed by atoms with Crippen LogP contribution >= 0.6 is 11.3 Å². The molecule has 28 heavy (non-hydrogen) atoms. The summed E-state index contributed by atoms with van der Waals surface area (Å²) in [5.74, 6) is -0.290. The summed E-state index contributed by atoms with van der Waals surface area (Å²) in [6.45, 7) is 7.41. The van der Waals surface area contributed by atoms with E-state index in [2.05, 4.69) is 20.5 Å². The summed E-state index contributed by atoms with van der Waals surface area (Å²) in [5.41, 5.74) is 0.947. The van der Waals surface area contributed by atoms with Gasteiger partial charge in [0.1, 0.15) is 5.01 Å². The molecule has 3 rings (SSSR count). The third-order valence-electron chi connectivity index (χ3n) is 4.23. The van der Waals surface area contributed by atoms with Crippen LogP contribution in [0.2, 0.25) is 0 Å². The van der Waals surface area contributed by atoms with Gasteiger partial charge in [0.05, 0.1) is 24.5 Å². The van der Waals surface area contributed by atoms with Gasteiger partial charge in [0, 0.05) is 31.6 Å². The maximum absolute atomic E-state index is 12.4. The number of carbonyl (C=O) groups excluding carboxylic acids is 2. The van der Waals surface area contributed by atoms with Crippen LogP contribution in [0.25, 0.3) is 0 Å². The molecular formula is C17H24N6O4S. The Hall–Kier alpha value is -2.82. The van der Waals surface area contributed by atoms with Crippen molar-refractivity contribution in [3.05, 3.63) is 23.2 Å². The smallest absolute Gasteiger partial charge is 0.290 e. The Kier molecular flexibility index (Phi) is 7.61. The Labute approximate surface area is 166 Å². The molecule has 1 aliphatic heterocycles. The van der Waals surface area contributed by atoms with Crippen LogP contribution in [-0.4, -0.2) is 49.7 Å². The first kappa shape index (κ1) is 21.5. The number of amides is 2. The molecule has 0 saturated carbocycles. The maximum atomic E-state index is 12.4. The molecule has 1 atom stereocenters. The van der Waals surface area contributed by atoms with Crippen molar-refractivity contribution in [1.29, 1.82) is 0 Å². The minimum absolute atomic E-state index is 0.0785. The molecule has 0 spiro atoms. The van der Waals surface area contributed by atoms with E-state index in [1.54, 1.807) is 17.4 Å². The van der Waals surface area contributed by atoms with Gasteiger partial charge in [-0.2, -0.15) is 0 Å². The van der Waals surface area contributed by atoms with E-state index in [0.29, 0.717) is 18.2 Å². The van der Waals surface area contributed by atoms with Crippen LogP contribution in [0.5, 0.6) is 0 Å². The number of aromatic nitrogens is 4. The van der Waals surface area contributed by atoms with Crippen molar-refractivity contribution in [3.8, 4) is 0 Å². The standard InChI is InChI=1S/C16H22N6O2S.CH2O2/c1-4-21-9-17-6-12(21)7-18-14(24)11-5-13(23)22(8-11)16-20-19-15(25-16)10(2)3;2-1-3/h6,9-11H,4-5,7-8H2,1-3H3,(H,18,24);1H,(H,2,3). The molecule has 0 aliphatic carbocycles. The number of carboxylic acid groups (broad SMARTS) is 1. The summed E-state index contributed by atoms with van der Waals surface area (Å²) in [6.07, 6.45) is 3.68. The fourth-order valence-electron chi connectivity index (χ4n) is 2.74. The van der Waals surface area contributed by atoms with Crippen LogP contribution < -0.4 is 10.2 Å². The first-order valence-corrected chi connectivity index (χ1v) is 9.71. The van der Waals surface area contributed by atoms with Crippen molar-refractivity contribution in [3.63, 3.8) is 0 Å². The summed E-state index contributed by atoms with van der Waals surface area (Å²) < 4.78 is 1.97. The molecule has 152 valence electrons. The second-order valence-corrected chi connectivity index (χ2v) is 7.46. The lowest BCUT2D eigenvalue weighted by atomic mass is 10.1. The van der Waals surface area contributed by atoms with E-state index in [1.807, 2.05) is 25.3 Å². The lowest BCUT2D eigenvalue weighted by molar-refractivity contribution is -0.126. The largest absolute Gasteiger partial charge is 0.483 e. The molecule has 0 radical (unpaired) electrons. The van der Waals surface area contributed by atoms with E-state index in [-0.39, 0.29) is 36.5 Å². The van der Waals surface area contributed by atoms with Gasteiger partial charge in [0.2, 0.25) is 16.9 Å². The van der Waals surface area contributed by atoms with Crippen LogP contribution in [0.3, 0.4) is 0 Å². The van der Waals surface area contributed by atoms with E-state index < -0.39 is 0 Å². The van der Waals surface area contributed by atoms with Gasteiger partial charge in [-0.3, -0.25) is 19.3 Å². The molecular weight excluding hydrogens is 384 g/mol. The van der Waals surface area contributed by atoms with Crippen molar-refractivity contribution < 1.29 is 19.5 Å². The number of rotatable bonds is 6. The van der Waals surface area contributed by atoms with Crippen molar-refractivity contribution in [2.75, 3.05) is 11.4 Å². The molecule has 2 aromatic rings. The zero-order valence-corrected chi connectivity index (χ0v) is 16.8. The molecule has 1 aliphatic rings. The van der Waals surface area contributed by atoms with E-state index in [0.717, 1.165) is 17.2 Å². The number of anilines is 1. The molecule has 1 fully saturated rings. The molecule has 2 amide bonds. The highest BCUT2D eigenvalue weighted by atomic mass is 32.1. The van der Waals surface area contributed by atoms with Gasteiger partial charge in [0.15, 0.2) is 0 Å². The summed E-state index contributed by atoms with van der Waals surface area (Å²) >= 11 is 1.41. The Morgan fingerprint density at radius 1 is 1.46 bits per heavy atom. The normalized spacial score (nSPS) is 16.1. The average molecular weight is 408 g/mol.